The smallest absolute Gasteiger partial charge is 0.220 e. The molecule has 0 spiro atoms. The summed E-state index contributed by atoms with van der Waals surface area (Å²) in [7, 11) is 1.64. The van der Waals surface area contributed by atoms with Crippen molar-refractivity contribution in [2.24, 2.45) is 0 Å². The zero-order valence-corrected chi connectivity index (χ0v) is 13.4. The lowest BCUT2D eigenvalue weighted by Crippen LogP contribution is -2.25. The van der Waals surface area contributed by atoms with E-state index in [9.17, 15) is 4.79 Å². The molecule has 2 N–H and O–H groups in total. The van der Waals surface area contributed by atoms with Crippen LogP contribution in [0.3, 0.4) is 0 Å². The summed E-state index contributed by atoms with van der Waals surface area (Å²) in [6.07, 6.45) is 1.96. The molecular weight excluding hydrogens is 290 g/mol. The lowest BCUT2D eigenvalue weighted by atomic mass is 10.1. The van der Waals surface area contributed by atoms with E-state index >= 15 is 0 Å². The van der Waals surface area contributed by atoms with Gasteiger partial charge in [0.15, 0.2) is 0 Å². The molecule has 0 radical (unpaired) electrons. The molecule has 0 bridgehead atoms. The second-order valence-corrected chi connectivity index (χ2v) is 5.43. The Hall–Kier alpha value is -2.33. The number of amides is 1. The molecule has 122 valence electrons. The zero-order valence-electron chi connectivity index (χ0n) is 13.4. The van der Waals surface area contributed by atoms with Gasteiger partial charge in [0.1, 0.15) is 5.75 Å². The third-order valence-corrected chi connectivity index (χ3v) is 3.72. The summed E-state index contributed by atoms with van der Waals surface area (Å²) < 4.78 is 5.18. The van der Waals surface area contributed by atoms with Gasteiger partial charge in [0.05, 0.1) is 13.7 Å². The Kier molecular flexibility index (Phi) is 6.63. The van der Waals surface area contributed by atoms with Gasteiger partial charge < -0.3 is 15.2 Å². The number of rotatable bonds is 8. The lowest BCUT2D eigenvalue weighted by Gasteiger charge is -2.07. The van der Waals surface area contributed by atoms with Crippen LogP contribution in [-0.4, -0.2) is 24.7 Å². The number of carbonyl (C=O) groups is 1. The minimum atomic E-state index is 0.0554. The lowest BCUT2D eigenvalue weighted by molar-refractivity contribution is -0.121. The van der Waals surface area contributed by atoms with E-state index in [0.29, 0.717) is 19.4 Å². The third-order valence-electron chi connectivity index (χ3n) is 3.72. The number of hydrogen-bond acceptors (Lipinski definition) is 3. The van der Waals surface area contributed by atoms with Gasteiger partial charge in [-0.1, -0.05) is 36.4 Å². The minimum Gasteiger partial charge on any atom is -0.497 e. The molecule has 0 fully saturated rings. The molecule has 4 nitrogen and oxygen atoms in total. The second kappa shape index (κ2) is 8.96. The van der Waals surface area contributed by atoms with E-state index in [0.717, 1.165) is 28.9 Å². The fourth-order valence-electron chi connectivity index (χ4n) is 2.33. The molecule has 0 atom stereocenters. The first-order valence-electron chi connectivity index (χ1n) is 7.79. The van der Waals surface area contributed by atoms with Gasteiger partial charge in [0.25, 0.3) is 0 Å². The van der Waals surface area contributed by atoms with Crippen LogP contribution in [0.15, 0.2) is 48.5 Å². The minimum absolute atomic E-state index is 0.0554. The molecule has 0 aliphatic rings. The second-order valence-electron chi connectivity index (χ2n) is 5.43. The van der Waals surface area contributed by atoms with Gasteiger partial charge in [-0.3, -0.25) is 4.79 Å². The predicted molar refractivity (Wildman–Crippen MR) is 90.4 cm³/mol. The summed E-state index contributed by atoms with van der Waals surface area (Å²) in [6, 6.07) is 15.5. The van der Waals surface area contributed by atoms with Gasteiger partial charge in [-0.05, 0) is 41.7 Å². The highest BCUT2D eigenvalue weighted by Gasteiger charge is 2.03. The van der Waals surface area contributed by atoms with Crippen molar-refractivity contribution in [1.29, 1.82) is 0 Å². The largest absolute Gasteiger partial charge is 0.497 e. The van der Waals surface area contributed by atoms with Gasteiger partial charge in [-0.25, -0.2) is 0 Å². The first kappa shape index (κ1) is 17.0. The number of ether oxygens (including phenoxy) is 1. The highest BCUT2D eigenvalue weighted by molar-refractivity contribution is 5.76. The molecule has 0 unspecified atom stereocenters. The molecule has 0 saturated carbocycles. The number of carbonyl (C=O) groups excluding carboxylic acids is 1. The molecule has 0 aliphatic heterocycles. The number of hydrogen-bond donors (Lipinski definition) is 2. The molecule has 2 rings (SSSR count). The molecule has 4 heteroatoms. The Morgan fingerprint density at radius 3 is 2.48 bits per heavy atom. The first-order valence-corrected chi connectivity index (χ1v) is 7.79. The highest BCUT2D eigenvalue weighted by Crippen LogP contribution is 2.13. The Morgan fingerprint density at radius 2 is 1.78 bits per heavy atom. The van der Waals surface area contributed by atoms with Crippen molar-refractivity contribution < 1.29 is 14.6 Å². The number of methoxy groups -OCH3 is 1. The fourth-order valence-corrected chi connectivity index (χ4v) is 2.33. The first-order chi connectivity index (χ1) is 11.2. The zero-order chi connectivity index (χ0) is 16.5. The standard InChI is InChI=1S/C19H23NO3/c1-23-18-4-2-3-16(13-18)9-10-19(22)20-12-11-15-5-7-17(14-21)8-6-15/h2-8,13,21H,9-12,14H2,1H3,(H,20,22). The monoisotopic (exact) mass is 313 g/mol. The van der Waals surface area contributed by atoms with E-state index < -0.39 is 0 Å². The van der Waals surface area contributed by atoms with Crippen molar-refractivity contribution in [3.05, 3.63) is 65.2 Å². The van der Waals surface area contributed by atoms with Crippen LogP contribution in [-0.2, 0) is 24.2 Å². The fraction of sp³-hybridized carbons (Fsp3) is 0.316. The van der Waals surface area contributed by atoms with E-state index in [-0.39, 0.29) is 12.5 Å². The van der Waals surface area contributed by atoms with Crippen LogP contribution in [0.5, 0.6) is 5.75 Å². The van der Waals surface area contributed by atoms with Crippen molar-refractivity contribution in [3.8, 4) is 5.75 Å². The maximum atomic E-state index is 11.9. The Labute approximate surface area is 137 Å². The summed E-state index contributed by atoms with van der Waals surface area (Å²) in [4.78, 5) is 11.9. The van der Waals surface area contributed by atoms with Crippen LogP contribution >= 0.6 is 0 Å². The van der Waals surface area contributed by atoms with E-state index in [1.165, 1.54) is 0 Å². The van der Waals surface area contributed by atoms with Crippen molar-refractivity contribution >= 4 is 5.91 Å². The van der Waals surface area contributed by atoms with E-state index in [4.69, 9.17) is 9.84 Å². The maximum Gasteiger partial charge on any atom is 0.220 e. The third kappa shape index (κ3) is 5.75. The quantitative estimate of drug-likeness (QED) is 0.787. The number of nitrogens with one attached hydrogen (secondary N) is 1. The number of benzene rings is 2. The van der Waals surface area contributed by atoms with Crippen LogP contribution in [0, 0.1) is 0 Å². The summed E-state index contributed by atoms with van der Waals surface area (Å²) in [6.45, 7) is 0.677. The van der Waals surface area contributed by atoms with Crippen molar-refractivity contribution in [3.63, 3.8) is 0 Å². The molecule has 2 aromatic carbocycles. The van der Waals surface area contributed by atoms with Crippen molar-refractivity contribution in [1.82, 2.24) is 5.32 Å². The van der Waals surface area contributed by atoms with Crippen LogP contribution in [0.4, 0.5) is 0 Å². The van der Waals surface area contributed by atoms with E-state index in [1.54, 1.807) is 7.11 Å². The summed E-state index contributed by atoms with van der Waals surface area (Å²) in [5.74, 6) is 0.869. The van der Waals surface area contributed by atoms with Gasteiger partial charge >= 0.3 is 0 Å². The molecule has 2 aromatic rings. The molecule has 0 heterocycles. The topological polar surface area (TPSA) is 58.6 Å². The molecule has 1 amide bonds. The van der Waals surface area contributed by atoms with Crippen LogP contribution in [0.25, 0.3) is 0 Å². The van der Waals surface area contributed by atoms with Gasteiger partial charge in [-0.15, -0.1) is 0 Å². The Balaban J connectivity index is 1.70. The maximum absolute atomic E-state index is 11.9. The van der Waals surface area contributed by atoms with Crippen LogP contribution < -0.4 is 10.1 Å². The predicted octanol–water partition coefficient (Wildman–Crippen LogP) is 2.48. The molecule has 23 heavy (non-hydrogen) atoms. The van der Waals surface area contributed by atoms with Gasteiger partial charge in [0.2, 0.25) is 5.91 Å². The highest BCUT2D eigenvalue weighted by atomic mass is 16.5. The number of aliphatic hydroxyl groups is 1. The molecule has 0 aromatic heterocycles. The van der Waals surface area contributed by atoms with E-state index in [1.807, 2.05) is 48.5 Å². The van der Waals surface area contributed by atoms with Gasteiger partial charge in [-0.2, -0.15) is 0 Å². The summed E-state index contributed by atoms with van der Waals surface area (Å²) in [5.41, 5.74) is 3.14. The Morgan fingerprint density at radius 1 is 1.04 bits per heavy atom. The summed E-state index contributed by atoms with van der Waals surface area (Å²) in [5, 5.41) is 11.9. The molecular formula is C19H23NO3. The van der Waals surface area contributed by atoms with Crippen LogP contribution in [0.1, 0.15) is 23.1 Å². The summed E-state index contributed by atoms with van der Waals surface area (Å²) >= 11 is 0. The average molecular weight is 313 g/mol. The SMILES string of the molecule is COc1cccc(CCC(=O)NCCc2ccc(CO)cc2)c1. The van der Waals surface area contributed by atoms with Crippen molar-refractivity contribution in [2.45, 2.75) is 25.9 Å². The van der Waals surface area contributed by atoms with Crippen molar-refractivity contribution in [2.75, 3.05) is 13.7 Å². The van der Waals surface area contributed by atoms with Crippen LogP contribution in [0.2, 0.25) is 0 Å². The van der Waals surface area contributed by atoms with E-state index in [2.05, 4.69) is 5.32 Å². The number of aliphatic hydroxyl groups excluding tert-OH is 1. The molecule has 0 saturated heterocycles. The number of aryl methyl sites for hydroxylation is 1. The van der Waals surface area contributed by atoms with Gasteiger partial charge in [0, 0.05) is 13.0 Å². The average Bonchev–Trinajstić information content (AvgIpc) is 2.61. The normalized spacial score (nSPS) is 10.3. The molecule has 0 aliphatic carbocycles. The Bertz CT molecular complexity index is 623.